The van der Waals surface area contributed by atoms with Crippen molar-refractivity contribution in [2.75, 3.05) is 27.3 Å². The molecule has 31 heavy (non-hydrogen) atoms. The first kappa shape index (κ1) is 27.5. The summed E-state index contributed by atoms with van der Waals surface area (Å²) in [5.41, 5.74) is 5.52. The van der Waals surface area contributed by atoms with Crippen molar-refractivity contribution < 1.29 is 26.2 Å². The van der Waals surface area contributed by atoms with Crippen LogP contribution < -0.4 is 10.9 Å². The third-order valence-corrected chi connectivity index (χ3v) is 5.17. The molecule has 0 spiro atoms. The van der Waals surface area contributed by atoms with Gasteiger partial charge in [-0.05, 0) is 50.2 Å². The zero-order valence-electron chi connectivity index (χ0n) is 18.5. The number of rotatable bonds is 6. The number of nitrogens with one attached hydrogen (secondary N) is 2. The van der Waals surface area contributed by atoms with E-state index in [4.69, 9.17) is 34.4 Å². The molecule has 1 radical (unpaired) electrons. The van der Waals surface area contributed by atoms with Gasteiger partial charge in [-0.1, -0.05) is 0 Å². The van der Waals surface area contributed by atoms with E-state index in [-0.39, 0.29) is 38.5 Å². The van der Waals surface area contributed by atoms with E-state index in [1.807, 2.05) is 12.1 Å². The summed E-state index contributed by atoms with van der Waals surface area (Å²) >= 11 is 10.00. The van der Waals surface area contributed by atoms with Gasteiger partial charge in [-0.25, -0.2) is 0 Å². The van der Waals surface area contributed by atoms with Crippen molar-refractivity contribution in [1.82, 2.24) is 15.8 Å². The van der Waals surface area contributed by atoms with Crippen LogP contribution in [0.4, 0.5) is 0 Å². The summed E-state index contributed by atoms with van der Waals surface area (Å²) in [7, 11) is 3.16. The molecule has 2 N–H and O–H groups in total. The van der Waals surface area contributed by atoms with Crippen LogP contribution in [0.1, 0.15) is 39.2 Å². The van der Waals surface area contributed by atoms with Gasteiger partial charge in [-0.15, -0.1) is 0 Å². The fourth-order valence-electron chi connectivity index (χ4n) is 3.21. The predicted molar refractivity (Wildman–Crippen MR) is 126 cm³/mol. The molecule has 1 fully saturated rings. The van der Waals surface area contributed by atoms with Crippen molar-refractivity contribution in [3.05, 3.63) is 23.7 Å². The van der Waals surface area contributed by atoms with Crippen molar-refractivity contribution in [1.29, 1.82) is 0 Å². The van der Waals surface area contributed by atoms with Crippen molar-refractivity contribution >= 4 is 47.5 Å². The van der Waals surface area contributed by atoms with Crippen LogP contribution in [0.3, 0.4) is 0 Å². The summed E-state index contributed by atoms with van der Waals surface area (Å²) in [6, 6.07) is 3.78. The summed E-state index contributed by atoms with van der Waals surface area (Å²) in [5, 5.41) is 8.80. The Balaban J connectivity index is 0.00000480. The minimum atomic E-state index is -0.118. The first-order valence-corrected chi connectivity index (χ1v) is 10.3. The zero-order valence-corrected chi connectivity index (χ0v) is 21.1. The van der Waals surface area contributed by atoms with E-state index in [0.29, 0.717) is 31.2 Å². The molecule has 0 unspecified atom stereocenters. The zero-order chi connectivity index (χ0) is 22.4. The molecule has 1 aliphatic rings. The summed E-state index contributed by atoms with van der Waals surface area (Å²) in [6.45, 7) is 10.7. The minimum Gasteiger partial charge on any atom is -0.741 e. The third kappa shape index (κ3) is 7.81. The van der Waals surface area contributed by atoms with Gasteiger partial charge < -0.3 is 34.4 Å². The molecule has 0 aromatic carbocycles. The average molecular weight is 515 g/mol. The first-order chi connectivity index (χ1) is 14.1. The Labute approximate surface area is 205 Å². The Morgan fingerprint density at radius 1 is 1.06 bits per heavy atom. The van der Waals surface area contributed by atoms with Crippen LogP contribution in [-0.2, 0) is 53.6 Å². The number of hydrazone groups is 2. The number of hydrogen-bond acceptors (Lipinski definition) is 9. The molecule has 2 rings (SSSR count). The number of nitrogens with zero attached hydrogens (tertiary/aromatic N) is 5. The van der Waals surface area contributed by atoms with E-state index < -0.39 is 0 Å². The largest absolute Gasteiger partial charge is 2.00 e. The van der Waals surface area contributed by atoms with E-state index >= 15 is 0 Å². The van der Waals surface area contributed by atoms with E-state index in [1.54, 1.807) is 14.1 Å². The number of furan rings is 1. The second-order valence-corrected chi connectivity index (χ2v) is 8.78. The third-order valence-electron chi connectivity index (χ3n) is 4.63. The second kappa shape index (κ2) is 11.9. The van der Waals surface area contributed by atoms with Crippen LogP contribution >= 0.6 is 0 Å². The van der Waals surface area contributed by atoms with Crippen LogP contribution in [0, 0.1) is 0 Å². The topological polar surface area (TPSA) is 99.1 Å². The fraction of sp³-hybridized carbons (Fsp3) is 0.579. The van der Waals surface area contributed by atoms with Gasteiger partial charge in [0.2, 0.25) is 0 Å². The molecule has 1 saturated heterocycles. The monoisotopic (exact) mass is 514 g/mol. The standard InChI is InChI=1S/C19H31N7O2S2.Cu/c1-18(2)11-27-12-19(3,4)26(18)10-13-7-8-15(28-13)14(23-25-17(30)21-6)9-22-24-16(29)20-5;/h7-9H,10-12H2,1-6H3,(H2,20,24,29)(H2,21,25,30);/q;+2/p-2/b22-9+,23-14-;. The van der Waals surface area contributed by atoms with Gasteiger partial charge in [0.15, 0.2) is 5.76 Å². The SMILES string of the molecule is CN=C([S-])N/N=C(/C=N/NC([S-])=NC)c1ccc(CN2C(C)(C)COCC2(C)C)o1.[Cu+2]. The molecular formula is C19H29CuN7O2S2. The van der Waals surface area contributed by atoms with E-state index in [9.17, 15) is 0 Å². The van der Waals surface area contributed by atoms with Crippen molar-refractivity contribution in [3.63, 3.8) is 0 Å². The number of morpholine rings is 1. The van der Waals surface area contributed by atoms with E-state index in [0.717, 1.165) is 5.76 Å². The quantitative estimate of drug-likeness (QED) is 0.195. The molecule has 0 amide bonds. The maximum atomic E-state index is 6.08. The van der Waals surface area contributed by atoms with Crippen molar-refractivity contribution in [2.45, 2.75) is 45.3 Å². The Morgan fingerprint density at radius 2 is 1.65 bits per heavy atom. The van der Waals surface area contributed by atoms with Gasteiger partial charge in [0.25, 0.3) is 0 Å². The van der Waals surface area contributed by atoms with Gasteiger partial charge in [-0.3, -0.25) is 25.7 Å². The average Bonchev–Trinajstić information content (AvgIpc) is 3.15. The Kier molecular flexibility index (Phi) is 10.5. The molecule has 9 nitrogen and oxygen atoms in total. The minimum absolute atomic E-state index is 0. The Morgan fingerprint density at radius 3 is 2.23 bits per heavy atom. The van der Waals surface area contributed by atoms with Crippen LogP contribution in [0.5, 0.6) is 0 Å². The molecule has 2 heterocycles. The molecule has 0 saturated carbocycles. The molecule has 12 heteroatoms. The fourth-order valence-corrected chi connectivity index (χ4v) is 3.31. The molecule has 1 aromatic heterocycles. The van der Waals surface area contributed by atoms with Crippen LogP contribution in [0.2, 0.25) is 0 Å². The number of amidine groups is 2. The Hall–Kier alpha value is -1.56. The number of hydrogen-bond donors (Lipinski definition) is 2. The molecule has 0 atom stereocenters. The summed E-state index contributed by atoms with van der Waals surface area (Å²) < 4.78 is 11.9. The molecule has 0 aliphatic carbocycles. The summed E-state index contributed by atoms with van der Waals surface area (Å²) in [4.78, 5) is 10.1. The molecule has 1 aliphatic heterocycles. The predicted octanol–water partition coefficient (Wildman–Crippen LogP) is 1.60. The Bertz CT molecular complexity index is 834. The molecule has 175 valence electrons. The van der Waals surface area contributed by atoms with Crippen LogP contribution in [-0.4, -0.2) is 65.5 Å². The second-order valence-electron chi connectivity index (χ2n) is 8.01. The van der Waals surface area contributed by atoms with E-state index in [2.05, 4.69) is 63.6 Å². The van der Waals surface area contributed by atoms with Crippen LogP contribution in [0.15, 0.2) is 36.7 Å². The summed E-state index contributed by atoms with van der Waals surface area (Å²) in [6.07, 6.45) is 1.48. The van der Waals surface area contributed by atoms with Gasteiger partial charge in [0.1, 0.15) is 11.5 Å². The van der Waals surface area contributed by atoms with Gasteiger partial charge in [-0.2, -0.15) is 10.2 Å². The molecule has 1 aromatic rings. The van der Waals surface area contributed by atoms with Crippen LogP contribution in [0.25, 0.3) is 0 Å². The summed E-state index contributed by atoms with van der Waals surface area (Å²) in [5.74, 6) is 1.34. The maximum absolute atomic E-state index is 6.08. The van der Waals surface area contributed by atoms with Gasteiger partial charge in [0, 0.05) is 25.2 Å². The van der Waals surface area contributed by atoms with Gasteiger partial charge in [0.05, 0.1) is 26.0 Å². The number of ether oxygens (including phenoxy) is 1. The normalized spacial score (nSPS) is 19.9. The maximum Gasteiger partial charge on any atom is 2.00 e. The van der Waals surface area contributed by atoms with Crippen molar-refractivity contribution in [3.8, 4) is 0 Å². The number of aliphatic imine (C=N–C) groups is 2. The van der Waals surface area contributed by atoms with Gasteiger partial charge >= 0.3 is 17.1 Å². The smallest absolute Gasteiger partial charge is 0.741 e. The molecular weight excluding hydrogens is 486 g/mol. The first-order valence-electron chi connectivity index (χ1n) is 9.44. The van der Waals surface area contributed by atoms with Crippen molar-refractivity contribution in [2.24, 2.45) is 20.2 Å². The van der Waals surface area contributed by atoms with E-state index in [1.165, 1.54) is 6.21 Å². The molecule has 0 bridgehead atoms.